The van der Waals surface area contributed by atoms with Gasteiger partial charge in [0.2, 0.25) is 5.91 Å². The van der Waals surface area contributed by atoms with Crippen LogP contribution in [-0.2, 0) is 11.2 Å². The topological polar surface area (TPSA) is 47.6 Å². The molecular formula is C19H21NO3S. The van der Waals surface area contributed by atoms with Gasteiger partial charge in [-0.05, 0) is 42.8 Å². The minimum Gasteiger partial charge on any atom is -0.497 e. The Morgan fingerprint density at radius 2 is 2.04 bits per heavy atom. The van der Waals surface area contributed by atoms with E-state index >= 15 is 0 Å². The molecule has 1 heterocycles. The first kappa shape index (κ1) is 16.7. The molecule has 1 amide bonds. The fourth-order valence-corrected chi connectivity index (χ4v) is 3.53. The number of amides is 1. The van der Waals surface area contributed by atoms with E-state index in [4.69, 9.17) is 9.47 Å². The number of carbonyl (C=O) groups excluding carboxylic acids is 1. The molecule has 126 valence electrons. The van der Waals surface area contributed by atoms with Crippen LogP contribution in [0.15, 0.2) is 53.4 Å². The third-order valence-corrected chi connectivity index (χ3v) is 5.07. The summed E-state index contributed by atoms with van der Waals surface area (Å²) in [5.41, 5.74) is 1.21. The van der Waals surface area contributed by atoms with Crippen LogP contribution in [0.25, 0.3) is 0 Å². The second-order valence-electron chi connectivity index (χ2n) is 5.73. The number of methoxy groups -OCH3 is 1. The highest BCUT2D eigenvalue weighted by atomic mass is 32.2. The number of hydrogen-bond donors (Lipinski definition) is 1. The lowest BCUT2D eigenvalue weighted by molar-refractivity contribution is -0.120. The van der Waals surface area contributed by atoms with Crippen molar-refractivity contribution in [1.82, 2.24) is 5.32 Å². The zero-order valence-electron chi connectivity index (χ0n) is 13.8. The minimum absolute atomic E-state index is 0.0181. The van der Waals surface area contributed by atoms with Crippen molar-refractivity contribution >= 4 is 17.7 Å². The Labute approximate surface area is 146 Å². The summed E-state index contributed by atoms with van der Waals surface area (Å²) in [7, 11) is 1.64. The third-order valence-electron chi connectivity index (χ3n) is 3.96. The number of nitrogens with one attached hydrogen (secondary N) is 1. The van der Waals surface area contributed by atoms with Gasteiger partial charge in [0.25, 0.3) is 0 Å². The summed E-state index contributed by atoms with van der Waals surface area (Å²) in [5.74, 6) is 1.77. The summed E-state index contributed by atoms with van der Waals surface area (Å²) >= 11 is 1.53. The molecule has 24 heavy (non-hydrogen) atoms. The van der Waals surface area contributed by atoms with Crippen molar-refractivity contribution in [3.63, 3.8) is 0 Å². The minimum atomic E-state index is -0.165. The van der Waals surface area contributed by atoms with Crippen molar-refractivity contribution in [2.45, 2.75) is 29.6 Å². The first-order chi connectivity index (χ1) is 11.7. The molecule has 2 atom stereocenters. The van der Waals surface area contributed by atoms with Crippen LogP contribution in [0.4, 0.5) is 0 Å². The first-order valence-corrected chi connectivity index (χ1v) is 8.86. The van der Waals surface area contributed by atoms with Gasteiger partial charge >= 0.3 is 0 Å². The molecule has 1 aliphatic heterocycles. The smallest absolute Gasteiger partial charge is 0.233 e. The molecule has 0 bridgehead atoms. The van der Waals surface area contributed by atoms with Crippen molar-refractivity contribution in [2.24, 2.45) is 0 Å². The quantitative estimate of drug-likeness (QED) is 0.818. The van der Waals surface area contributed by atoms with Gasteiger partial charge in [-0.3, -0.25) is 4.79 Å². The average Bonchev–Trinajstić information content (AvgIpc) is 3.03. The number of benzene rings is 2. The van der Waals surface area contributed by atoms with E-state index in [-0.39, 0.29) is 17.3 Å². The Balaban J connectivity index is 1.46. The zero-order chi connectivity index (χ0) is 16.9. The second kappa shape index (κ2) is 7.62. The van der Waals surface area contributed by atoms with Crippen LogP contribution >= 0.6 is 11.8 Å². The molecule has 1 aliphatic rings. The molecule has 4 nitrogen and oxygen atoms in total. The number of carbonyl (C=O) groups is 1. The van der Waals surface area contributed by atoms with Gasteiger partial charge in [0.15, 0.2) is 0 Å². The van der Waals surface area contributed by atoms with Gasteiger partial charge in [-0.2, -0.15) is 0 Å². The van der Waals surface area contributed by atoms with Crippen molar-refractivity contribution in [3.8, 4) is 11.5 Å². The Hall–Kier alpha value is -2.14. The van der Waals surface area contributed by atoms with Crippen LogP contribution in [0, 0.1) is 0 Å². The van der Waals surface area contributed by atoms with E-state index in [0.717, 1.165) is 22.8 Å². The van der Waals surface area contributed by atoms with Gasteiger partial charge in [0.05, 0.1) is 18.9 Å². The summed E-state index contributed by atoms with van der Waals surface area (Å²) in [6.07, 6.45) is 0.862. The molecular weight excluding hydrogens is 322 g/mol. The maximum absolute atomic E-state index is 12.3. The fourth-order valence-electron chi connectivity index (χ4n) is 2.64. The standard InChI is InChI=1S/C19H21NO3S/c1-13(24-17-9-7-15(22-2)8-10-17)19(21)20-12-16-11-14-5-3-4-6-18(14)23-16/h3-10,13,16H,11-12H2,1-2H3,(H,20,21)/t13-,16+/m1/s1. The number of ether oxygens (including phenoxy) is 2. The van der Waals surface area contributed by atoms with Crippen LogP contribution in [0.5, 0.6) is 11.5 Å². The predicted octanol–water partition coefficient (Wildman–Crippen LogP) is 3.30. The van der Waals surface area contributed by atoms with Crippen LogP contribution in [-0.4, -0.2) is 30.9 Å². The molecule has 1 N–H and O–H groups in total. The lowest BCUT2D eigenvalue weighted by Crippen LogP contribution is -2.38. The number of hydrogen-bond acceptors (Lipinski definition) is 4. The number of fused-ring (bicyclic) bond motifs is 1. The van der Waals surface area contributed by atoms with Crippen molar-refractivity contribution in [2.75, 3.05) is 13.7 Å². The number of para-hydroxylation sites is 1. The molecule has 0 saturated carbocycles. The maximum atomic E-state index is 12.3. The largest absolute Gasteiger partial charge is 0.497 e. The molecule has 0 fully saturated rings. The Bertz CT molecular complexity index is 677. The van der Waals surface area contributed by atoms with Gasteiger partial charge < -0.3 is 14.8 Å². The van der Waals surface area contributed by atoms with E-state index in [1.165, 1.54) is 17.3 Å². The van der Waals surface area contributed by atoms with Gasteiger partial charge in [0.1, 0.15) is 17.6 Å². The van der Waals surface area contributed by atoms with E-state index in [2.05, 4.69) is 11.4 Å². The molecule has 0 spiro atoms. The number of thioether (sulfide) groups is 1. The van der Waals surface area contributed by atoms with Crippen molar-refractivity contribution in [1.29, 1.82) is 0 Å². The molecule has 0 radical (unpaired) electrons. The summed E-state index contributed by atoms with van der Waals surface area (Å²) in [6, 6.07) is 15.7. The van der Waals surface area contributed by atoms with E-state index in [1.54, 1.807) is 7.11 Å². The van der Waals surface area contributed by atoms with Crippen LogP contribution in [0.3, 0.4) is 0 Å². The monoisotopic (exact) mass is 343 g/mol. The molecule has 0 saturated heterocycles. The average molecular weight is 343 g/mol. The van der Waals surface area contributed by atoms with E-state index in [1.807, 2.05) is 49.4 Å². The van der Waals surface area contributed by atoms with Gasteiger partial charge in [0, 0.05) is 11.3 Å². The lowest BCUT2D eigenvalue weighted by atomic mass is 10.1. The van der Waals surface area contributed by atoms with Crippen LogP contribution in [0.2, 0.25) is 0 Å². The summed E-state index contributed by atoms with van der Waals surface area (Å²) in [4.78, 5) is 13.3. The Morgan fingerprint density at radius 3 is 2.75 bits per heavy atom. The van der Waals surface area contributed by atoms with Crippen LogP contribution in [0.1, 0.15) is 12.5 Å². The lowest BCUT2D eigenvalue weighted by Gasteiger charge is -2.15. The molecule has 0 aliphatic carbocycles. The number of rotatable bonds is 6. The van der Waals surface area contributed by atoms with Crippen molar-refractivity contribution < 1.29 is 14.3 Å². The summed E-state index contributed by atoms with van der Waals surface area (Å²) < 4.78 is 11.0. The Morgan fingerprint density at radius 1 is 1.29 bits per heavy atom. The first-order valence-electron chi connectivity index (χ1n) is 7.98. The summed E-state index contributed by atoms with van der Waals surface area (Å²) in [6.45, 7) is 2.44. The fraction of sp³-hybridized carbons (Fsp3) is 0.316. The SMILES string of the molecule is COc1ccc(S[C@H](C)C(=O)NC[C@@H]2Cc3ccccc3O2)cc1. The summed E-state index contributed by atoms with van der Waals surface area (Å²) in [5, 5.41) is 2.83. The molecule has 2 aromatic rings. The van der Waals surface area contributed by atoms with Gasteiger partial charge in [-0.15, -0.1) is 11.8 Å². The molecule has 0 unspecified atom stereocenters. The zero-order valence-corrected chi connectivity index (χ0v) is 14.6. The van der Waals surface area contributed by atoms with Crippen molar-refractivity contribution in [3.05, 3.63) is 54.1 Å². The van der Waals surface area contributed by atoms with Gasteiger partial charge in [-0.1, -0.05) is 18.2 Å². The predicted molar refractivity (Wildman–Crippen MR) is 95.9 cm³/mol. The van der Waals surface area contributed by atoms with E-state index in [9.17, 15) is 4.79 Å². The van der Waals surface area contributed by atoms with E-state index < -0.39 is 0 Å². The maximum Gasteiger partial charge on any atom is 0.233 e. The highest BCUT2D eigenvalue weighted by Crippen LogP contribution is 2.28. The molecule has 3 rings (SSSR count). The highest BCUT2D eigenvalue weighted by molar-refractivity contribution is 8.00. The molecule has 0 aromatic heterocycles. The van der Waals surface area contributed by atoms with Crippen LogP contribution < -0.4 is 14.8 Å². The molecule has 2 aromatic carbocycles. The van der Waals surface area contributed by atoms with Gasteiger partial charge in [-0.25, -0.2) is 0 Å². The highest BCUT2D eigenvalue weighted by Gasteiger charge is 2.23. The Kier molecular flexibility index (Phi) is 5.30. The second-order valence-corrected chi connectivity index (χ2v) is 7.15. The van der Waals surface area contributed by atoms with E-state index in [0.29, 0.717) is 6.54 Å². The third kappa shape index (κ3) is 4.03. The normalized spacial score (nSPS) is 16.8. The molecule has 5 heteroatoms.